The van der Waals surface area contributed by atoms with E-state index < -0.39 is 0 Å². The minimum absolute atomic E-state index is 0.0164. The van der Waals surface area contributed by atoms with E-state index in [1.807, 2.05) is 45.0 Å². The van der Waals surface area contributed by atoms with Gasteiger partial charge in [-0.15, -0.1) is 11.3 Å². The maximum absolute atomic E-state index is 12.1. The Morgan fingerprint density at radius 2 is 2.00 bits per heavy atom. The van der Waals surface area contributed by atoms with Crippen molar-refractivity contribution < 1.29 is 4.79 Å². The van der Waals surface area contributed by atoms with Gasteiger partial charge < -0.3 is 11.1 Å². The van der Waals surface area contributed by atoms with Gasteiger partial charge in [0.05, 0.1) is 10.9 Å². The third-order valence-corrected chi connectivity index (χ3v) is 4.25. The van der Waals surface area contributed by atoms with Crippen LogP contribution in [0.2, 0.25) is 0 Å². The topological polar surface area (TPSA) is 55.1 Å². The summed E-state index contributed by atoms with van der Waals surface area (Å²) >= 11 is 1.43. The molecule has 1 unspecified atom stereocenters. The number of aryl methyl sites for hydroxylation is 2. The Kier molecular flexibility index (Phi) is 3.90. The first-order valence-corrected chi connectivity index (χ1v) is 7.03. The van der Waals surface area contributed by atoms with Gasteiger partial charge in [-0.05, 0) is 38.0 Å². The standard InChI is InChI=1S/C15H18N2OS/c1-9-6-4-5-7-12(9)10(2)17-15(18)14-8-13(16)11(3)19-14/h4-8,10H,16H2,1-3H3,(H,17,18). The molecular weight excluding hydrogens is 256 g/mol. The van der Waals surface area contributed by atoms with Gasteiger partial charge in [-0.3, -0.25) is 4.79 Å². The number of rotatable bonds is 3. The van der Waals surface area contributed by atoms with Crippen molar-refractivity contribution in [3.8, 4) is 0 Å². The van der Waals surface area contributed by atoms with Gasteiger partial charge in [0.2, 0.25) is 0 Å². The highest BCUT2D eigenvalue weighted by molar-refractivity contribution is 7.14. The number of anilines is 1. The number of nitrogens with two attached hydrogens (primary N) is 1. The monoisotopic (exact) mass is 274 g/mol. The highest BCUT2D eigenvalue weighted by Gasteiger charge is 2.15. The van der Waals surface area contributed by atoms with Crippen molar-refractivity contribution in [3.05, 3.63) is 51.2 Å². The SMILES string of the molecule is Cc1ccccc1C(C)NC(=O)c1cc(N)c(C)s1. The van der Waals surface area contributed by atoms with Crippen molar-refractivity contribution in [2.24, 2.45) is 0 Å². The highest BCUT2D eigenvalue weighted by Crippen LogP contribution is 2.24. The van der Waals surface area contributed by atoms with E-state index in [1.54, 1.807) is 6.07 Å². The van der Waals surface area contributed by atoms with E-state index in [9.17, 15) is 4.79 Å². The summed E-state index contributed by atoms with van der Waals surface area (Å²) in [4.78, 5) is 13.8. The quantitative estimate of drug-likeness (QED) is 0.900. The molecule has 100 valence electrons. The highest BCUT2D eigenvalue weighted by atomic mass is 32.1. The first-order valence-electron chi connectivity index (χ1n) is 6.21. The molecule has 3 N–H and O–H groups in total. The molecule has 0 fully saturated rings. The minimum Gasteiger partial charge on any atom is -0.398 e. The molecule has 19 heavy (non-hydrogen) atoms. The number of amides is 1. The van der Waals surface area contributed by atoms with E-state index in [-0.39, 0.29) is 11.9 Å². The Morgan fingerprint density at radius 3 is 2.58 bits per heavy atom. The van der Waals surface area contributed by atoms with Gasteiger partial charge in [-0.2, -0.15) is 0 Å². The molecule has 0 radical (unpaired) electrons. The van der Waals surface area contributed by atoms with E-state index in [2.05, 4.69) is 5.32 Å². The molecule has 0 saturated carbocycles. The van der Waals surface area contributed by atoms with Crippen molar-refractivity contribution >= 4 is 22.9 Å². The average molecular weight is 274 g/mol. The molecule has 0 aliphatic carbocycles. The molecule has 0 aliphatic rings. The lowest BCUT2D eigenvalue weighted by molar-refractivity contribution is 0.0944. The molecule has 1 amide bonds. The molecular formula is C15H18N2OS. The molecule has 4 heteroatoms. The van der Waals surface area contributed by atoms with Crippen molar-refractivity contribution in [2.75, 3.05) is 5.73 Å². The van der Waals surface area contributed by atoms with Gasteiger partial charge in [-0.1, -0.05) is 24.3 Å². The number of hydrogen-bond donors (Lipinski definition) is 2. The van der Waals surface area contributed by atoms with Crippen LogP contribution in [0, 0.1) is 13.8 Å². The van der Waals surface area contributed by atoms with Gasteiger partial charge in [-0.25, -0.2) is 0 Å². The first-order chi connectivity index (χ1) is 8.99. The summed E-state index contributed by atoms with van der Waals surface area (Å²) in [6.07, 6.45) is 0. The van der Waals surface area contributed by atoms with Crippen LogP contribution in [0.5, 0.6) is 0 Å². The Morgan fingerprint density at radius 1 is 1.32 bits per heavy atom. The number of nitrogen functional groups attached to an aromatic ring is 1. The molecule has 1 aromatic carbocycles. The maximum atomic E-state index is 12.1. The summed E-state index contributed by atoms with van der Waals surface area (Å²) in [5.41, 5.74) is 8.77. The number of benzene rings is 1. The molecule has 3 nitrogen and oxygen atoms in total. The molecule has 0 aliphatic heterocycles. The smallest absolute Gasteiger partial charge is 0.261 e. The van der Waals surface area contributed by atoms with Crippen LogP contribution < -0.4 is 11.1 Å². The summed E-state index contributed by atoms with van der Waals surface area (Å²) in [5.74, 6) is -0.0689. The van der Waals surface area contributed by atoms with E-state index in [1.165, 1.54) is 16.9 Å². The Hall–Kier alpha value is -1.81. The number of hydrogen-bond acceptors (Lipinski definition) is 3. The molecule has 2 aromatic rings. The first kappa shape index (κ1) is 13.6. The normalized spacial score (nSPS) is 12.2. The van der Waals surface area contributed by atoms with E-state index >= 15 is 0 Å². The summed E-state index contributed by atoms with van der Waals surface area (Å²) in [6.45, 7) is 5.96. The summed E-state index contributed by atoms with van der Waals surface area (Å²) < 4.78 is 0. The third kappa shape index (κ3) is 2.96. The predicted molar refractivity (Wildman–Crippen MR) is 80.5 cm³/mol. The van der Waals surface area contributed by atoms with Crippen LogP contribution in [-0.2, 0) is 0 Å². The Bertz CT molecular complexity index is 584. The lowest BCUT2D eigenvalue weighted by Gasteiger charge is -2.15. The molecule has 2 rings (SSSR count). The maximum Gasteiger partial charge on any atom is 0.261 e. The lowest BCUT2D eigenvalue weighted by atomic mass is 10.0. The van der Waals surface area contributed by atoms with Gasteiger partial charge in [0.15, 0.2) is 0 Å². The van der Waals surface area contributed by atoms with Crippen molar-refractivity contribution in [3.63, 3.8) is 0 Å². The van der Waals surface area contributed by atoms with Gasteiger partial charge in [0.1, 0.15) is 0 Å². The van der Waals surface area contributed by atoms with Gasteiger partial charge in [0, 0.05) is 10.6 Å². The number of carbonyl (C=O) groups excluding carboxylic acids is 1. The number of thiophene rings is 1. The summed E-state index contributed by atoms with van der Waals surface area (Å²) in [5, 5.41) is 3.01. The van der Waals surface area contributed by atoms with Crippen molar-refractivity contribution in [1.82, 2.24) is 5.32 Å². The van der Waals surface area contributed by atoms with Crippen LogP contribution in [0.3, 0.4) is 0 Å². The fourth-order valence-electron chi connectivity index (χ4n) is 2.03. The summed E-state index contributed by atoms with van der Waals surface area (Å²) in [6, 6.07) is 9.78. The van der Waals surface area contributed by atoms with Gasteiger partial charge in [0.25, 0.3) is 5.91 Å². The second kappa shape index (κ2) is 5.45. The zero-order valence-electron chi connectivity index (χ0n) is 11.4. The van der Waals surface area contributed by atoms with E-state index in [0.29, 0.717) is 10.6 Å². The molecule has 1 heterocycles. The summed E-state index contributed by atoms with van der Waals surface area (Å²) in [7, 11) is 0. The van der Waals surface area contributed by atoms with Crippen LogP contribution in [0.25, 0.3) is 0 Å². The fraction of sp³-hybridized carbons (Fsp3) is 0.267. The predicted octanol–water partition coefficient (Wildman–Crippen LogP) is 3.44. The zero-order chi connectivity index (χ0) is 14.0. The minimum atomic E-state index is -0.0689. The zero-order valence-corrected chi connectivity index (χ0v) is 12.2. The second-order valence-electron chi connectivity index (χ2n) is 4.67. The molecule has 0 spiro atoms. The van der Waals surface area contributed by atoms with Crippen molar-refractivity contribution in [2.45, 2.75) is 26.8 Å². The third-order valence-electron chi connectivity index (χ3n) is 3.18. The van der Waals surface area contributed by atoms with Crippen LogP contribution in [-0.4, -0.2) is 5.91 Å². The van der Waals surface area contributed by atoms with Crippen LogP contribution in [0.4, 0.5) is 5.69 Å². The Balaban J connectivity index is 2.13. The average Bonchev–Trinajstić information content (AvgIpc) is 2.70. The number of nitrogens with one attached hydrogen (secondary N) is 1. The van der Waals surface area contributed by atoms with E-state index in [0.717, 1.165) is 10.4 Å². The van der Waals surface area contributed by atoms with Crippen LogP contribution in [0.15, 0.2) is 30.3 Å². The lowest BCUT2D eigenvalue weighted by Crippen LogP contribution is -2.26. The molecule has 0 bridgehead atoms. The molecule has 1 atom stereocenters. The van der Waals surface area contributed by atoms with Crippen LogP contribution in [0.1, 0.15) is 38.6 Å². The van der Waals surface area contributed by atoms with Crippen LogP contribution >= 0.6 is 11.3 Å². The molecule has 0 saturated heterocycles. The van der Waals surface area contributed by atoms with Gasteiger partial charge >= 0.3 is 0 Å². The van der Waals surface area contributed by atoms with Crippen molar-refractivity contribution in [1.29, 1.82) is 0 Å². The Labute approximate surface area is 117 Å². The number of carbonyl (C=O) groups is 1. The second-order valence-corrected chi connectivity index (χ2v) is 5.93. The largest absolute Gasteiger partial charge is 0.398 e. The van der Waals surface area contributed by atoms with E-state index in [4.69, 9.17) is 5.73 Å². The molecule has 1 aromatic heterocycles. The fourth-order valence-corrected chi connectivity index (χ4v) is 2.87.